The molecule has 74 valence electrons. The molecule has 7 heteroatoms. The van der Waals surface area contributed by atoms with Crippen molar-refractivity contribution in [3.8, 4) is 0 Å². The van der Waals surface area contributed by atoms with Gasteiger partial charge in [-0.3, -0.25) is 4.68 Å². The van der Waals surface area contributed by atoms with E-state index in [9.17, 15) is 0 Å². The first-order valence-corrected chi connectivity index (χ1v) is 4.17. The summed E-state index contributed by atoms with van der Waals surface area (Å²) < 4.78 is 1.74. The van der Waals surface area contributed by atoms with Gasteiger partial charge in [0.1, 0.15) is 6.54 Å². The molecule has 0 saturated heterocycles. The second kappa shape index (κ2) is 3.09. The summed E-state index contributed by atoms with van der Waals surface area (Å²) >= 11 is 0. The van der Waals surface area contributed by atoms with Crippen LogP contribution in [0.3, 0.4) is 0 Å². The van der Waals surface area contributed by atoms with Crippen LogP contribution in [0.5, 0.6) is 0 Å². The third-order valence-corrected chi connectivity index (χ3v) is 1.98. The average molecular weight is 193 g/mol. The minimum atomic E-state index is 0.497. The quantitative estimate of drug-likeness (QED) is 0.684. The molecule has 2 aromatic heterocycles. The van der Waals surface area contributed by atoms with E-state index in [0.717, 1.165) is 5.69 Å². The molecule has 0 atom stereocenters. The Morgan fingerprint density at radius 3 is 2.79 bits per heavy atom. The molecule has 0 fully saturated rings. The fourth-order valence-electron chi connectivity index (χ4n) is 1.14. The lowest BCUT2D eigenvalue weighted by molar-refractivity contribution is 0.612. The predicted molar refractivity (Wildman–Crippen MR) is 49.3 cm³/mol. The highest BCUT2D eigenvalue weighted by molar-refractivity contribution is 5.39. The average Bonchev–Trinajstić information content (AvgIpc) is 2.67. The second-order valence-electron chi connectivity index (χ2n) is 3.04. The van der Waals surface area contributed by atoms with E-state index in [4.69, 9.17) is 5.73 Å². The summed E-state index contributed by atoms with van der Waals surface area (Å²) in [4.78, 5) is 1.41. The number of anilines is 1. The van der Waals surface area contributed by atoms with E-state index in [1.54, 1.807) is 17.9 Å². The number of nitrogen functional groups attached to an aromatic ring is 1. The Hall–Kier alpha value is -1.92. The van der Waals surface area contributed by atoms with Crippen LogP contribution in [0.2, 0.25) is 0 Å². The number of hydrogen-bond acceptors (Lipinski definition) is 5. The molecule has 0 aliphatic rings. The SMILES string of the molecule is Cc1c(N)cnn1Cc1nnn(C)n1. The molecule has 0 unspecified atom stereocenters. The number of rotatable bonds is 2. The van der Waals surface area contributed by atoms with E-state index in [2.05, 4.69) is 20.5 Å². The van der Waals surface area contributed by atoms with Gasteiger partial charge in [-0.2, -0.15) is 9.90 Å². The highest BCUT2D eigenvalue weighted by Gasteiger charge is 2.06. The molecule has 0 amide bonds. The van der Waals surface area contributed by atoms with Gasteiger partial charge in [-0.25, -0.2) is 0 Å². The van der Waals surface area contributed by atoms with Crippen molar-refractivity contribution in [2.45, 2.75) is 13.5 Å². The third kappa shape index (κ3) is 1.43. The van der Waals surface area contributed by atoms with Gasteiger partial charge in [-0.05, 0) is 12.1 Å². The molecule has 2 aromatic rings. The van der Waals surface area contributed by atoms with Gasteiger partial charge < -0.3 is 5.73 Å². The van der Waals surface area contributed by atoms with Crippen molar-refractivity contribution in [2.24, 2.45) is 7.05 Å². The number of aryl methyl sites for hydroxylation is 1. The zero-order valence-corrected chi connectivity index (χ0v) is 8.05. The highest BCUT2D eigenvalue weighted by Crippen LogP contribution is 2.08. The molecule has 2 N–H and O–H groups in total. The molecule has 0 aliphatic heterocycles. The first-order valence-electron chi connectivity index (χ1n) is 4.17. The Labute approximate surface area is 80.5 Å². The van der Waals surface area contributed by atoms with E-state index >= 15 is 0 Å². The molecule has 0 aliphatic carbocycles. The lowest BCUT2D eigenvalue weighted by Gasteiger charge is -1.99. The van der Waals surface area contributed by atoms with E-state index in [1.807, 2.05) is 6.92 Å². The Balaban J connectivity index is 2.22. The Bertz CT molecular complexity index is 441. The van der Waals surface area contributed by atoms with Crippen LogP contribution in [0.4, 0.5) is 5.69 Å². The van der Waals surface area contributed by atoms with Crippen molar-refractivity contribution in [1.82, 2.24) is 30.0 Å². The first kappa shape index (κ1) is 8.67. The fourth-order valence-corrected chi connectivity index (χ4v) is 1.14. The summed E-state index contributed by atoms with van der Waals surface area (Å²) in [7, 11) is 1.72. The van der Waals surface area contributed by atoms with Crippen molar-refractivity contribution in [1.29, 1.82) is 0 Å². The van der Waals surface area contributed by atoms with E-state index in [-0.39, 0.29) is 0 Å². The molecule has 14 heavy (non-hydrogen) atoms. The molecular weight excluding hydrogens is 182 g/mol. The Morgan fingerprint density at radius 1 is 1.50 bits per heavy atom. The molecule has 7 nitrogen and oxygen atoms in total. The lowest BCUT2D eigenvalue weighted by atomic mass is 10.4. The summed E-state index contributed by atoms with van der Waals surface area (Å²) in [5, 5.41) is 15.7. The maximum atomic E-state index is 5.65. The summed E-state index contributed by atoms with van der Waals surface area (Å²) in [5.41, 5.74) is 7.24. The number of nitrogens with zero attached hydrogens (tertiary/aromatic N) is 6. The number of nitrogens with two attached hydrogens (primary N) is 1. The Morgan fingerprint density at radius 2 is 2.29 bits per heavy atom. The van der Waals surface area contributed by atoms with Crippen LogP contribution in [0.15, 0.2) is 6.20 Å². The van der Waals surface area contributed by atoms with Gasteiger partial charge in [0.05, 0.1) is 24.6 Å². The molecule has 0 radical (unpaired) electrons. The van der Waals surface area contributed by atoms with Gasteiger partial charge >= 0.3 is 0 Å². The summed E-state index contributed by atoms with van der Waals surface area (Å²) in [6.07, 6.45) is 1.62. The molecule has 0 spiro atoms. The summed E-state index contributed by atoms with van der Waals surface area (Å²) in [6.45, 7) is 2.40. The molecule has 2 heterocycles. The van der Waals surface area contributed by atoms with Gasteiger partial charge in [0.25, 0.3) is 0 Å². The zero-order chi connectivity index (χ0) is 10.1. The topological polar surface area (TPSA) is 87.4 Å². The van der Waals surface area contributed by atoms with Gasteiger partial charge in [-0.15, -0.1) is 10.2 Å². The third-order valence-electron chi connectivity index (χ3n) is 1.98. The van der Waals surface area contributed by atoms with Crippen LogP contribution in [-0.2, 0) is 13.6 Å². The van der Waals surface area contributed by atoms with Gasteiger partial charge in [0.15, 0.2) is 5.82 Å². The largest absolute Gasteiger partial charge is 0.396 e. The molecule has 0 aromatic carbocycles. The fraction of sp³-hybridized carbons (Fsp3) is 0.429. The van der Waals surface area contributed by atoms with Crippen LogP contribution < -0.4 is 5.73 Å². The number of hydrogen-bond donors (Lipinski definition) is 1. The van der Waals surface area contributed by atoms with Crippen LogP contribution >= 0.6 is 0 Å². The van der Waals surface area contributed by atoms with Crippen molar-refractivity contribution in [3.63, 3.8) is 0 Å². The van der Waals surface area contributed by atoms with E-state index in [0.29, 0.717) is 18.1 Å². The first-order chi connectivity index (χ1) is 6.66. The number of aromatic nitrogens is 6. The van der Waals surface area contributed by atoms with Crippen LogP contribution in [-0.4, -0.2) is 30.0 Å². The van der Waals surface area contributed by atoms with Gasteiger partial charge in [0.2, 0.25) is 0 Å². The normalized spacial score (nSPS) is 10.7. The Kier molecular flexibility index (Phi) is 1.91. The van der Waals surface area contributed by atoms with Crippen LogP contribution in [0, 0.1) is 6.92 Å². The maximum Gasteiger partial charge on any atom is 0.196 e. The molecule has 2 rings (SSSR count). The lowest BCUT2D eigenvalue weighted by Crippen LogP contribution is -2.06. The monoisotopic (exact) mass is 193 g/mol. The smallest absolute Gasteiger partial charge is 0.196 e. The van der Waals surface area contributed by atoms with Crippen LogP contribution in [0.1, 0.15) is 11.5 Å². The zero-order valence-electron chi connectivity index (χ0n) is 8.05. The standard InChI is InChI=1S/C7H11N7/c1-5-6(8)3-9-14(5)4-7-10-12-13(2)11-7/h3H,4,8H2,1-2H3. The summed E-state index contributed by atoms with van der Waals surface area (Å²) in [6, 6.07) is 0. The minimum Gasteiger partial charge on any atom is -0.396 e. The van der Waals surface area contributed by atoms with Crippen molar-refractivity contribution >= 4 is 5.69 Å². The predicted octanol–water partition coefficient (Wildman–Crippen LogP) is -0.654. The van der Waals surface area contributed by atoms with Gasteiger partial charge in [0, 0.05) is 0 Å². The molecule has 0 bridgehead atoms. The van der Waals surface area contributed by atoms with E-state index in [1.165, 1.54) is 4.80 Å². The number of tetrazole rings is 1. The molecular formula is C7H11N7. The summed E-state index contributed by atoms with van der Waals surface area (Å²) in [5.74, 6) is 0.624. The van der Waals surface area contributed by atoms with Crippen molar-refractivity contribution in [3.05, 3.63) is 17.7 Å². The van der Waals surface area contributed by atoms with Crippen molar-refractivity contribution < 1.29 is 0 Å². The molecule has 0 saturated carbocycles. The minimum absolute atomic E-state index is 0.497. The van der Waals surface area contributed by atoms with Crippen molar-refractivity contribution in [2.75, 3.05) is 5.73 Å². The highest BCUT2D eigenvalue weighted by atomic mass is 15.6. The second-order valence-corrected chi connectivity index (χ2v) is 3.04. The van der Waals surface area contributed by atoms with Gasteiger partial charge in [-0.1, -0.05) is 0 Å². The maximum absolute atomic E-state index is 5.65. The van der Waals surface area contributed by atoms with E-state index < -0.39 is 0 Å². The van der Waals surface area contributed by atoms with Crippen LogP contribution in [0.25, 0.3) is 0 Å².